The minimum atomic E-state index is -0.168. The Hall–Kier alpha value is -0.890. The van der Waals surface area contributed by atoms with E-state index in [-0.39, 0.29) is 11.9 Å². The molecule has 1 aliphatic rings. The molecule has 0 radical (unpaired) electrons. The van der Waals surface area contributed by atoms with Crippen LogP contribution >= 0.6 is 0 Å². The van der Waals surface area contributed by atoms with Gasteiger partial charge in [-0.15, -0.1) is 0 Å². The van der Waals surface area contributed by atoms with Crippen molar-refractivity contribution < 1.29 is 9.13 Å². The predicted octanol–water partition coefficient (Wildman–Crippen LogP) is 3.11. The fraction of sp³-hybridized carbons (Fsp3) is 0.500. The van der Waals surface area contributed by atoms with Gasteiger partial charge in [0.1, 0.15) is 5.82 Å². The van der Waals surface area contributed by atoms with Crippen LogP contribution in [0.4, 0.5) is 4.39 Å². The van der Waals surface area contributed by atoms with Crippen LogP contribution in [0, 0.1) is 5.82 Å². The van der Waals surface area contributed by atoms with Crippen LogP contribution in [-0.4, -0.2) is 12.7 Å². The van der Waals surface area contributed by atoms with Gasteiger partial charge in [0, 0.05) is 12.5 Å². The van der Waals surface area contributed by atoms with Crippen molar-refractivity contribution in [1.82, 2.24) is 0 Å². The molecule has 0 spiro atoms. The molecular weight excluding hydrogens is 179 g/mol. The van der Waals surface area contributed by atoms with Crippen LogP contribution in [0.2, 0.25) is 0 Å². The van der Waals surface area contributed by atoms with Crippen LogP contribution in [0.1, 0.15) is 31.2 Å². The largest absolute Gasteiger partial charge is 0.378 e. The maximum absolute atomic E-state index is 12.7. The molecule has 0 bridgehead atoms. The lowest BCUT2D eigenvalue weighted by molar-refractivity contribution is 0.0115. The number of hydrogen-bond donors (Lipinski definition) is 0. The molecule has 0 saturated carbocycles. The van der Waals surface area contributed by atoms with Crippen molar-refractivity contribution >= 4 is 0 Å². The van der Waals surface area contributed by atoms with Crippen LogP contribution in [0.25, 0.3) is 0 Å². The molecule has 0 aliphatic carbocycles. The third-order valence-corrected chi connectivity index (χ3v) is 2.91. The maximum Gasteiger partial charge on any atom is 0.123 e. The smallest absolute Gasteiger partial charge is 0.123 e. The highest BCUT2D eigenvalue weighted by atomic mass is 19.1. The first-order valence-corrected chi connectivity index (χ1v) is 5.14. The molecule has 1 fully saturated rings. The molecule has 1 aromatic rings. The van der Waals surface area contributed by atoms with Crippen molar-refractivity contribution in [3.63, 3.8) is 0 Å². The summed E-state index contributed by atoms with van der Waals surface area (Å²) >= 11 is 0. The van der Waals surface area contributed by atoms with E-state index in [4.69, 9.17) is 4.74 Å². The lowest BCUT2D eigenvalue weighted by Gasteiger charge is -2.29. The van der Waals surface area contributed by atoms with Crippen molar-refractivity contribution in [2.24, 2.45) is 0 Å². The Balaban J connectivity index is 2.16. The van der Waals surface area contributed by atoms with Crippen LogP contribution in [0.5, 0.6) is 0 Å². The number of ether oxygens (including phenoxy) is 1. The Labute approximate surface area is 83.9 Å². The first-order chi connectivity index (χ1) is 6.77. The minimum absolute atomic E-state index is 0.168. The van der Waals surface area contributed by atoms with E-state index < -0.39 is 0 Å². The summed E-state index contributed by atoms with van der Waals surface area (Å²) in [5, 5.41) is 0. The quantitative estimate of drug-likeness (QED) is 0.667. The number of rotatable bonds is 1. The molecular formula is C12H15FO. The molecule has 0 amide bonds. The molecule has 14 heavy (non-hydrogen) atoms. The fourth-order valence-corrected chi connectivity index (χ4v) is 2.07. The number of hydrogen-bond acceptors (Lipinski definition) is 1. The molecule has 2 unspecified atom stereocenters. The van der Waals surface area contributed by atoms with E-state index in [1.54, 1.807) is 0 Å². The van der Waals surface area contributed by atoms with Crippen molar-refractivity contribution in [2.45, 2.75) is 31.8 Å². The normalized spacial score (nSPS) is 27.6. The van der Waals surface area contributed by atoms with E-state index >= 15 is 0 Å². The number of benzene rings is 1. The topological polar surface area (TPSA) is 9.23 Å². The van der Waals surface area contributed by atoms with Gasteiger partial charge in [-0.25, -0.2) is 4.39 Å². The van der Waals surface area contributed by atoms with Crippen molar-refractivity contribution in [3.05, 3.63) is 35.6 Å². The zero-order chi connectivity index (χ0) is 9.97. The summed E-state index contributed by atoms with van der Waals surface area (Å²) in [4.78, 5) is 0. The third-order valence-electron chi connectivity index (χ3n) is 2.91. The molecule has 1 saturated heterocycles. The summed E-state index contributed by atoms with van der Waals surface area (Å²) in [5.41, 5.74) is 1.19. The van der Waals surface area contributed by atoms with E-state index in [0.29, 0.717) is 5.92 Å². The molecule has 1 aliphatic heterocycles. The van der Waals surface area contributed by atoms with E-state index in [1.165, 1.54) is 17.7 Å². The van der Waals surface area contributed by atoms with Crippen molar-refractivity contribution in [1.29, 1.82) is 0 Å². The first kappa shape index (κ1) is 9.66. The van der Waals surface area contributed by atoms with Gasteiger partial charge in [0.2, 0.25) is 0 Å². The second-order valence-corrected chi connectivity index (χ2v) is 3.88. The minimum Gasteiger partial charge on any atom is -0.378 e. The van der Waals surface area contributed by atoms with Gasteiger partial charge in [0.25, 0.3) is 0 Å². The lowest BCUT2D eigenvalue weighted by atomic mass is 9.88. The SMILES string of the molecule is CC1OCCCC1c1ccc(F)cc1. The Morgan fingerprint density at radius 2 is 2.00 bits per heavy atom. The highest BCUT2D eigenvalue weighted by Crippen LogP contribution is 2.30. The summed E-state index contributed by atoms with van der Waals surface area (Å²) in [6.07, 6.45) is 2.51. The zero-order valence-corrected chi connectivity index (χ0v) is 8.37. The van der Waals surface area contributed by atoms with Gasteiger partial charge in [-0.1, -0.05) is 12.1 Å². The van der Waals surface area contributed by atoms with Gasteiger partial charge in [-0.2, -0.15) is 0 Å². The molecule has 2 heteroatoms. The Kier molecular flexibility index (Phi) is 2.82. The van der Waals surface area contributed by atoms with E-state index in [1.807, 2.05) is 12.1 Å². The first-order valence-electron chi connectivity index (χ1n) is 5.14. The lowest BCUT2D eigenvalue weighted by Crippen LogP contribution is -2.24. The van der Waals surface area contributed by atoms with E-state index in [2.05, 4.69) is 6.92 Å². The third kappa shape index (κ3) is 1.95. The molecule has 1 aromatic carbocycles. The zero-order valence-electron chi connectivity index (χ0n) is 8.37. The summed E-state index contributed by atoms with van der Waals surface area (Å²) in [6, 6.07) is 6.78. The second-order valence-electron chi connectivity index (χ2n) is 3.88. The highest BCUT2D eigenvalue weighted by Gasteiger charge is 2.23. The fourth-order valence-electron chi connectivity index (χ4n) is 2.07. The molecule has 1 nitrogen and oxygen atoms in total. The Morgan fingerprint density at radius 3 is 2.64 bits per heavy atom. The van der Waals surface area contributed by atoms with Crippen LogP contribution in [-0.2, 0) is 4.74 Å². The molecule has 0 N–H and O–H groups in total. The summed E-state index contributed by atoms with van der Waals surface area (Å²) in [6.45, 7) is 2.95. The van der Waals surface area contributed by atoms with Crippen LogP contribution in [0.3, 0.4) is 0 Å². The molecule has 1 heterocycles. The van der Waals surface area contributed by atoms with Gasteiger partial charge < -0.3 is 4.74 Å². The van der Waals surface area contributed by atoms with Crippen molar-refractivity contribution in [2.75, 3.05) is 6.61 Å². The second kappa shape index (κ2) is 4.09. The van der Waals surface area contributed by atoms with Crippen molar-refractivity contribution in [3.8, 4) is 0 Å². The monoisotopic (exact) mass is 194 g/mol. The Morgan fingerprint density at radius 1 is 1.29 bits per heavy atom. The average molecular weight is 194 g/mol. The average Bonchev–Trinajstić information content (AvgIpc) is 2.20. The predicted molar refractivity (Wildman–Crippen MR) is 53.8 cm³/mol. The van der Waals surface area contributed by atoms with Gasteiger partial charge in [-0.05, 0) is 37.5 Å². The van der Waals surface area contributed by atoms with E-state index in [0.717, 1.165) is 19.4 Å². The molecule has 2 atom stereocenters. The van der Waals surface area contributed by atoms with Gasteiger partial charge in [0.05, 0.1) is 6.10 Å². The van der Waals surface area contributed by atoms with Gasteiger partial charge >= 0.3 is 0 Å². The molecule has 76 valence electrons. The van der Waals surface area contributed by atoms with Gasteiger partial charge in [-0.3, -0.25) is 0 Å². The summed E-state index contributed by atoms with van der Waals surface area (Å²) < 4.78 is 18.3. The Bertz CT molecular complexity index is 294. The number of halogens is 1. The maximum atomic E-state index is 12.7. The van der Waals surface area contributed by atoms with Crippen LogP contribution < -0.4 is 0 Å². The molecule has 0 aromatic heterocycles. The van der Waals surface area contributed by atoms with Crippen LogP contribution in [0.15, 0.2) is 24.3 Å². The summed E-state index contributed by atoms with van der Waals surface area (Å²) in [5.74, 6) is 0.266. The molecule has 2 rings (SSSR count). The van der Waals surface area contributed by atoms with E-state index in [9.17, 15) is 4.39 Å². The summed E-state index contributed by atoms with van der Waals surface area (Å²) in [7, 11) is 0. The van der Waals surface area contributed by atoms with Gasteiger partial charge in [0.15, 0.2) is 0 Å². The standard InChI is InChI=1S/C12H15FO/c1-9-12(3-2-8-14-9)10-4-6-11(13)7-5-10/h4-7,9,12H,2-3,8H2,1H3. The highest BCUT2D eigenvalue weighted by molar-refractivity contribution is 5.21.